The van der Waals surface area contributed by atoms with Crippen LogP contribution in [0.1, 0.15) is 6.92 Å². The van der Waals surface area contributed by atoms with Crippen molar-refractivity contribution in [1.29, 1.82) is 0 Å². The first-order chi connectivity index (χ1) is 16.0. The Hall–Kier alpha value is -2.84. The van der Waals surface area contributed by atoms with Crippen LogP contribution in [-0.4, -0.2) is 117 Å². The second kappa shape index (κ2) is 9.07. The summed E-state index contributed by atoms with van der Waals surface area (Å²) in [6.07, 6.45) is 1.19. The third kappa shape index (κ3) is 4.57. The van der Waals surface area contributed by atoms with Crippen molar-refractivity contribution in [3.63, 3.8) is 0 Å². The SMILES string of the molecule is CC(=O)N(C1C(=O)N2CC(CSc3nnnn3CCS(=O)(=O)O)(C(=O)O)CS[C@H]12)n1cnnn1. The van der Waals surface area contributed by atoms with Gasteiger partial charge in [0.1, 0.15) is 10.8 Å². The lowest BCUT2D eigenvalue weighted by Gasteiger charge is -2.55. The molecule has 184 valence electrons. The predicted octanol–water partition coefficient (Wildman–Crippen LogP) is -2.82. The number of thioether (sulfide) groups is 2. The standard InChI is InChI=1S/C14H18N10O7S3/c1-8(25)24(23-7-15-17-20-23)9-10(26)21-4-14(12(27)28,5-32-11(9)21)6-33-13-16-18-19-22(13)2-3-34(29,30)31/h7,9,11H,2-6H2,1H3,(H,27,28)(H,29,30,31)/t9?,11-,14?/m1/s1. The van der Waals surface area contributed by atoms with Crippen molar-refractivity contribution in [1.82, 2.24) is 45.4 Å². The number of nitrogens with zero attached hydrogens (tertiary/aromatic N) is 10. The fourth-order valence-corrected chi connectivity index (χ4v) is 6.75. The summed E-state index contributed by atoms with van der Waals surface area (Å²) >= 11 is 2.22. The maximum Gasteiger partial charge on any atom is 0.313 e. The normalized spacial score (nSPS) is 24.4. The Morgan fingerprint density at radius 2 is 2.12 bits per heavy atom. The van der Waals surface area contributed by atoms with E-state index in [1.807, 2.05) is 0 Å². The van der Waals surface area contributed by atoms with Crippen LogP contribution >= 0.6 is 23.5 Å². The summed E-state index contributed by atoms with van der Waals surface area (Å²) in [5, 5.41) is 32.4. The van der Waals surface area contributed by atoms with E-state index in [4.69, 9.17) is 4.55 Å². The molecule has 0 bridgehead atoms. The number of β-lactam (4-membered cyclic amide) rings is 1. The highest BCUT2D eigenvalue weighted by molar-refractivity contribution is 8.00. The number of aryl methyl sites for hydroxylation is 1. The first-order valence-electron chi connectivity index (χ1n) is 9.55. The van der Waals surface area contributed by atoms with E-state index in [1.165, 1.54) is 29.9 Å². The van der Waals surface area contributed by atoms with E-state index >= 15 is 0 Å². The van der Waals surface area contributed by atoms with E-state index in [9.17, 15) is 27.9 Å². The van der Waals surface area contributed by atoms with E-state index in [0.29, 0.717) is 0 Å². The number of carboxylic acids is 1. The van der Waals surface area contributed by atoms with E-state index in [1.54, 1.807) is 0 Å². The van der Waals surface area contributed by atoms with E-state index in [-0.39, 0.29) is 29.8 Å². The number of aliphatic carboxylic acids is 1. The summed E-state index contributed by atoms with van der Waals surface area (Å²) in [5.74, 6) is -2.49. The summed E-state index contributed by atoms with van der Waals surface area (Å²) in [5.41, 5.74) is -1.35. The molecule has 17 nitrogen and oxygen atoms in total. The monoisotopic (exact) mass is 534 g/mol. The van der Waals surface area contributed by atoms with Crippen LogP contribution in [0.15, 0.2) is 11.5 Å². The van der Waals surface area contributed by atoms with Gasteiger partial charge in [-0.3, -0.25) is 18.9 Å². The highest BCUT2D eigenvalue weighted by atomic mass is 32.2. The fourth-order valence-electron chi connectivity index (χ4n) is 3.54. The minimum Gasteiger partial charge on any atom is -0.481 e. The topological polar surface area (TPSA) is 219 Å². The molecule has 3 atom stereocenters. The summed E-state index contributed by atoms with van der Waals surface area (Å²) in [6, 6.07) is -0.877. The second-order valence-corrected chi connectivity index (χ2v) is 11.2. The molecule has 4 rings (SSSR count). The van der Waals surface area contributed by atoms with Crippen LogP contribution < -0.4 is 5.01 Å². The van der Waals surface area contributed by atoms with Gasteiger partial charge < -0.3 is 10.0 Å². The van der Waals surface area contributed by atoms with Crippen LogP contribution in [-0.2, 0) is 31.0 Å². The van der Waals surface area contributed by atoms with Gasteiger partial charge in [0.25, 0.3) is 16.0 Å². The second-order valence-electron chi connectivity index (χ2n) is 7.55. The number of rotatable bonds is 9. The zero-order chi connectivity index (χ0) is 24.7. The van der Waals surface area contributed by atoms with Crippen molar-refractivity contribution in [3.05, 3.63) is 6.33 Å². The number of carbonyl (C=O) groups is 3. The average molecular weight is 535 g/mol. The molecule has 0 radical (unpaired) electrons. The van der Waals surface area contributed by atoms with E-state index in [2.05, 4.69) is 31.1 Å². The Morgan fingerprint density at radius 3 is 2.74 bits per heavy atom. The molecule has 34 heavy (non-hydrogen) atoms. The first kappa shape index (κ1) is 24.3. The number of carbonyl (C=O) groups excluding carboxylic acids is 2. The molecule has 2 aromatic rings. The number of fused-ring (bicyclic) bond motifs is 1. The smallest absolute Gasteiger partial charge is 0.313 e. The van der Waals surface area contributed by atoms with Gasteiger partial charge in [-0.2, -0.15) is 8.42 Å². The van der Waals surface area contributed by atoms with Crippen molar-refractivity contribution in [2.75, 3.05) is 28.8 Å². The quantitative estimate of drug-likeness (QED) is 0.188. The van der Waals surface area contributed by atoms with Gasteiger partial charge in [-0.25, -0.2) is 9.69 Å². The molecule has 20 heteroatoms. The largest absolute Gasteiger partial charge is 0.481 e. The molecule has 4 heterocycles. The molecule has 2 saturated heterocycles. The maximum absolute atomic E-state index is 12.9. The molecular formula is C14H18N10O7S3. The predicted molar refractivity (Wildman–Crippen MR) is 113 cm³/mol. The lowest BCUT2D eigenvalue weighted by molar-refractivity contribution is -0.157. The van der Waals surface area contributed by atoms with Gasteiger partial charge >= 0.3 is 5.97 Å². The fraction of sp³-hybridized carbons (Fsp3) is 0.643. The van der Waals surface area contributed by atoms with Gasteiger partial charge in [0.05, 0.1) is 12.3 Å². The summed E-state index contributed by atoms with van der Waals surface area (Å²) in [4.78, 5) is 39.8. The van der Waals surface area contributed by atoms with Gasteiger partial charge in [0.15, 0.2) is 12.4 Å². The maximum atomic E-state index is 12.9. The molecular weight excluding hydrogens is 516 g/mol. The van der Waals surface area contributed by atoms with Crippen LogP contribution in [0.25, 0.3) is 0 Å². The first-order valence-corrected chi connectivity index (χ1v) is 13.2. The van der Waals surface area contributed by atoms with Crippen molar-refractivity contribution < 1.29 is 32.5 Å². The summed E-state index contributed by atoms with van der Waals surface area (Å²) < 4.78 is 32.1. The van der Waals surface area contributed by atoms with Gasteiger partial charge in [0.2, 0.25) is 11.1 Å². The molecule has 0 aromatic carbocycles. The molecule has 0 spiro atoms. The summed E-state index contributed by atoms with van der Waals surface area (Å²) in [6.45, 7) is 0.959. The number of hydrogen-bond donors (Lipinski definition) is 2. The highest BCUT2D eigenvalue weighted by Crippen LogP contribution is 2.45. The Balaban J connectivity index is 1.46. The lowest BCUT2D eigenvalue weighted by atomic mass is 9.89. The van der Waals surface area contributed by atoms with Gasteiger partial charge in [-0.1, -0.05) is 11.8 Å². The zero-order valence-corrected chi connectivity index (χ0v) is 19.8. The van der Waals surface area contributed by atoms with E-state index in [0.717, 1.165) is 26.2 Å². The number of tetrazole rings is 2. The van der Waals surface area contributed by atoms with Gasteiger partial charge in [-0.15, -0.1) is 26.8 Å². The molecule has 2 aliphatic heterocycles. The Bertz CT molecular complexity index is 1200. The Morgan fingerprint density at radius 1 is 1.35 bits per heavy atom. The molecule has 0 saturated carbocycles. The zero-order valence-electron chi connectivity index (χ0n) is 17.4. The number of aromatic nitrogens is 8. The number of amides is 2. The molecule has 0 aliphatic carbocycles. The van der Waals surface area contributed by atoms with Gasteiger partial charge in [-0.05, 0) is 20.9 Å². The van der Waals surface area contributed by atoms with Crippen molar-refractivity contribution in [2.45, 2.75) is 30.0 Å². The van der Waals surface area contributed by atoms with Crippen molar-refractivity contribution in [2.24, 2.45) is 5.41 Å². The number of hydrogen-bond acceptors (Lipinski definition) is 13. The minimum atomic E-state index is -4.23. The van der Waals surface area contributed by atoms with E-state index < -0.39 is 50.5 Å². The summed E-state index contributed by atoms with van der Waals surface area (Å²) in [7, 11) is -4.23. The molecule has 2 N–H and O–H groups in total. The highest BCUT2D eigenvalue weighted by Gasteiger charge is 2.60. The molecule has 2 aromatic heterocycles. The van der Waals surface area contributed by atoms with Crippen LogP contribution in [0.5, 0.6) is 0 Å². The molecule has 2 aliphatic rings. The third-order valence-electron chi connectivity index (χ3n) is 5.25. The Labute approximate surface area is 199 Å². The number of carboxylic acid groups (broad SMARTS) is 1. The van der Waals surface area contributed by atoms with Crippen molar-refractivity contribution in [3.8, 4) is 0 Å². The molecule has 2 fully saturated rings. The molecule has 2 amide bonds. The average Bonchev–Trinajstić information content (AvgIpc) is 3.45. The van der Waals surface area contributed by atoms with Crippen LogP contribution in [0.3, 0.4) is 0 Å². The third-order valence-corrected chi connectivity index (χ3v) is 8.77. The van der Waals surface area contributed by atoms with Crippen LogP contribution in [0, 0.1) is 5.41 Å². The van der Waals surface area contributed by atoms with Crippen LogP contribution in [0.4, 0.5) is 0 Å². The minimum absolute atomic E-state index is 0.00777. The van der Waals surface area contributed by atoms with Gasteiger partial charge in [0, 0.05) is 25.0 Å². The van der Waals surface area contributed by atoms with Crippen LogP contribution in [0.2, 0.25) is 0 Å². The molecule has 2 unspecified atom stereocenters. The lowest BCUT2D eigenvalue weighted by Crippen LogP contribution is -2.76. The Kier molecular flexibility index (Phi) is 6.48. The van der Waals surface area contributed by atoms with Crippen molar-refractivity contribution >= 4 is 51.4 Å².